The van der Waals surface area contributed by atoms with Crippen LogP contribution in [0, 0.1) is 12.7 Å². The van der Waals surface area contributed by atoms with Crippen molar-refractivity contribution in [2.24, 2.45) is 0 Å². The highest BCUT2D eigenvalue weighted by molar-refractivity contribution is 7.89. The average molecular weight is 310 g/mol. The Balaban J connectivity index is 2.12. The van der Waals surface area contributed by atoms with E-state index in [2.05, 4.69) is 16.3 Å². The van der Waals surface area contributed by atoms with E-state index in [0.717, 1.165) is 22.2 Å². The molecular formula is C15H19FN2O2S. The summed E-state index contributed by atoms with van der Waals surface area (Å²) in [5, 5.41) is 0.798. The number of H-pyrrole nitrogens is 1. The average Bonchev–Trinajstić information content (AvgIpc) is 2.64. The fourth-order valence-corrected chi connectivity index (χ4v) is 3.55. The fourth-order valence-electron chi connectivity index (χ4n) is 2.38. The largest absolute Gasteiger partial charge is 0.358 e. The van der Waals surface area contributed by atoms with Gasteiger partial charge < -0.3 is 4.98 Å². The summed E-state index contributed by atoms with van der Waals surface area (Å²) in [6.07, 6.45) is 0.505. The predicted molar refractivity (Wildman–Crippen MR) is 83.3 cm³/mol. The van der Waals surface area contributed by atoms with E-state index in [4.69, 9.17) is 0 Å². The number of hydrogen-bond acceptors (Lipinski definition) is 2. The monoisotopic (exact) mass is 310 g/mol. The maximum atomic E-state index is 13.3. The van der Waals surface area contributed by atoms with Gasteiger partial charge in [0.2, 0.25) is 10.0 Å². The summed E-state index contributed by atoms with van der Waals surface area (Å²) in [5.74, 6) is -0.375. The molecule has 4 nitrogen and oxygen atoms in total. The van der Waals surface area contributed by atoms with Crippen molar-refractivity contribution in [1.82, 2.24) is 9.71 Å². The summed E-state index contributed by atoms with van der Waals surface area (Å²) in [4.78, 5) is 3.18. The van der Waals surface area contributed by atoms with Crippen molar-refractivity contribution in [3.63, 3.8) is 0 Å². The summed E-state index contributed by atoms with van der Waals surface area (Å²) in [5.41, 5.74) is 3.30. The Bertz CT molecular complexity index is 778. The lowest BCUT2D eigenvalue weighted by atomic mass is 10.1. The standard InChI is InChI=1S/C15H19FN2O2S/c1-10(2)9-21(19,20)17-7-6-13-11(3)18-15-5-4-12(16)8-14(13)15/h4-5,8,17-18H,1,6-7,9H2,2-3H3. The van der Waals surface area contributed by atoms with Crippen molar-refractivity contribution < 1.29 is 12.8 Å². The quantitative estimate of drug-likeness (QED) is 0.806. The lowest BCUT2D eigenvalue weighted by Gasteiger charge is -2.07. The smallest absolute Gasteiger partial charge is 0.215 e. The zero-order valence-corrected chi connectivity index (χ0v) is 13.0. The number of aryl methyl sites for hydroxylation is 1. The van der Waals surface area contributed by atoms with E-state index in [9.17, 15) is 12.8 Å². The maximum absolute atomic E-state index is 13.3. The number of aromatic amines is 1. The van der Waals surface area contributed by atoms with E-state index < -0.39 is 10.0 Å². The van der Waals surface area contributed by atoms with Gasteiger partial charge in [0.1, 0.15) is 5.82 Å². The Morgan fingerprint density at radius 2 is 2.14 bits per heavy atom. The highest BCUT2D eigenvalue weighted by Crippen LogP contribution is 2.23. The Kier molecular flexibility index (Phi) is 4.49. The first kappa shape index (κ1) is 15.7. The van der Waals surface area contributed by atoms with E-state index in [1.807, 2.05) is 6.92 Å². The zero-order chi connectivity index (χ0) is 15.6. The first-order valence-corrected chi connectivity index (χ1v) is 8.32. The Morgan fingerprint density at radius 1 is 1.43 bits per heavy atom. The lowest BCUT2D eigenvalue weighted by molar-refractivity contribution is 0.584. The number of aromatic nitrogens is 1. The van der Waals surface area contributed by atoms with E-state index in [1.165, 1.54) is 12.1 Å². The van der Waals surface area contributed by atoms with Gasteiger partial charge in [-0.1, -0.05) is 12.2 Å². The molecule has 0 radical (unpaired) electrons. The van der Waals surface area contributed by atoms with Crippen LogP contribution in [0.2, 0.25) is 0 Å². The first-order valence-electron chi connectivity index (χ1n) is 6.67. The summed E-state index contributed by atoms with van der Waals surface area (Å²) in [6, 6.07) is 4.56. The molecule has 1 aromatic heterocycles. The second kappa shape index (κ2) is 5.99. The second-order valence-corrected chi connectivity index (χ2v) is 7.09. The van der Waals surface area contributed by atoms with Gasteiger partial charge in [-0.2, -0.15) is 0 Å². The van der Waals surface area contributed by atoms with Gasteiger partial charge >= 0.3 is 0 Å². The van der Waals surface area contributed by atoms with Gasteiger partial charge in [0.25, 0.3) is 0 Å². The summed E-state index contributed by atoms with van der Waals surface area (Å²) in [7, 11) is -3.34. The van der Waals surface area contributed by atoms with Gasteiger partial charge in [-0.3, -0.25) is 0 Å². The highest BCUT2D eigenvalue weighted by Gasteiger charge is 2.12. The number of sulfonamides is 1. The highest BCUT2D eigenvalue weighted by atomic mass is 32.2. The molecule has 0 unspecified atom stereocenters. The summed E-state index contributed by atoms with van der Waals surface area (Å²) >= 11 is 0. The van der Waals surface area contributed by atoms with Crippen LogP contribution in [0.25, 0.3) is 10.9 Å². The van der Waals surface area contributed by atoms with Gasteiger partial charge in [-0.05, 0) is 44.0 Å². The van der Waals surface area contributed by atoms with E-state index >= 15 is 0 Å². The molecule has 114 valence electrons. The molecule has 1 aromatic carbocycles. The van der Waals surface area contributed by atoms with Gasteiger partial charge in [-0.15, -0.1) is 0 Å². The fraction of sp³-hybridized carbons (Fsp3) is 0.333. The molecule has 0 amide bonds. The molecule has 6 heteroatoms. The molecule has 0 bridgehead atoms. The third-order valence-electron chi connectivity index (χ3n) is 3.21. The van der Waals surface area contributed by atoms with Crippen LogP contribution in [0.4, 0.5) is 4.39 Å². The maximum Gasteiger partial charge on any atom is 0.215 e. The number of halogens is 1. The SMILES string of the molecule is C=C(C)CS(=O)(=O)NCCc1c(C)[nH]c2ccc(F)cc12. The van der Waals surface area contributed by atoms with Gasteiger partial charge in [0, 0.05) is 23.1 Å². The number of rotatable bonds is 6. The normalized spacial score (nSPS) is 12.0. The molecule has 2 rings (SSSR count). The topological polar surface area (TPSA) is 62.0 Å². The van der Waals surface area contributed by atoms with Crippen LogP contribution in [-0.4, -0.2) is 25.7 Å². The van der Waals surface area contributed by atoms with Crippen LogP contribution in [-0.2, 0) is 16.4 Å². The van der Waals surface area contributed by atoms with Crippen LogP contribution in [0.5, 0.6) is 0 Å². The van der Waals surface area contributed by atoms with Crippen molar-refractivity contribution >= 4 is 20.9 Å². The van der Waals surface area contributed by atoms with E-state index in [1.54, 1.807) is 13.0 Å². The third-order valence-corrected chi connectivity index (χ3v) is 4.73. The summed E-state index contributed by atoms with van der Waals surface area (Å²) in [6.45, 7) is 7.45. The first-order chi connectivity index (χ1) is 9.78. The molecule has 0 aliphatic rings. The van der Waals surface area contributed by atoms with E-state index in [0.29, 0.717) is 12.0 Å². The van der Waals surface area contributed by atoms with Crippen molar-refractivity contribution in [2.45, 2.75) is 20.3 Å². The predicted octanol–water partition coefficient (Wildman–Crippen LogP) is 2.65. The minimum atomic E-state index is -3.34. The Labute approximate surface area is 124 Å². The second-order valence-electron chi connectivity index (χ2n) is 5.28. The van der Waals surface area contributed by atoms with Crippen molar-refractivity contribution in [1.29, 1.82) is 0 Å². The Morgan fingerprint density at radius 3 is 2.81 bits per heavy atom. The van der Waals surface area contributed by atoms with Crippen molar-refractivity contribution in [3.05, 3.63) is 47.4 Å². The van der Waals surface area contributed by atoms with Gasteiger partial charge in [-0.25, -0.2) is 17.5 Å². The summed E-state index contributed by atoms with van der Waals surface area (Å²) < 4.78 is 39.3. The molecule has 0 spiro atoms. The zero-order valence-electron chi connectivity index (χ0n) is 12.2. The van der Waals surface area contributed by atoms with Crippen LogP contribution in [0.15, 0.2) is 30.4 Å². The molecular weight excluding hydrogens is 291 g/mol. The van der Waals surface area contributed by atoms with Crippen molar-refractivity contribution in [2.75, 3.05) is 12.3 Å². The Hall–Kier alpha value is -1.66. The van der Waals surface area contributed by atoms with Crippen LogP contribution in [0.1, 0.15) is 18.2 Å². The molecule has 0 aliphatic heterocycles. The van der Waals surface area contributed by atoms with Gasteiger partial charge in [0.05, 0.1) is 5.75 Å². The molecule has 0 fully saturated rings. The molecule has 0 saturated heterocycles. The number of hydrogen-bond donors (Lipinski definition) is 2. The van der Waals surface area contributed by atoms with Crippen LogP contribution >= 0.6 is 0 Å². The molecule has 0 atom stereocenters. The minimum Gasteiger partial charge on any atom is -0.358 e. The molecule has 0 saturated carbocycles. The van der Waals surface area contributed by atoms with Crippen LogP contribution < -0.4 is 4.72 Å². The third kappa shape index (κ3) is 3.92. The minimum absolute atomic E-state index is 0.0749. The number of benzene rings is 1. The van der Waals surface area contributed by atoms with Crippen LogP contribution in [0.3, 0.4) is 0 Å². The molecule has 1 heterocycles. The molecule has 21 heavy (non-hydrogen) atoms. The number of fused-ring (bicyclic) bond motifs is 1. The number of nitrogens with one attached hydrogen (secondary N) is 2. The van der Waals surface area contributed by atoms with E-state index in [-0.39, 0.29) is 18.1 Å². The molecule has 0 aliphatic carbocycles. The molecule has 2 N–H and O–H groups in total. The lowest BCUT2D eigenvalue weighted by Crippen LogP contribution is -2.28. The molecule has 2 aromatic rings. The van der Waals surface area contributed by atoms with Crippen molar-refractivity contribution in [3.8, 4) is 0 Å². The van der Waals surface area contributed by atoms with Gasteiger partial charge in [0.15, 0.2) is 0 Å².